The number of methoxy groups -OCH3 is 1. The molecule has 1 amide bonds. The molecule has 4 aromatic rings. The van der Waals surface area contributed by atoms with Crippen molar-refractivity contribution in [2.45, 2.75) is 77.4 Å². The standard InChI is InChI=1S/C31H44FN5O4Si2/c1-39-28-16-27-26(33-18-37(27)20-41-11-13-43(5,6)7)15-22(28)24-17-36(19-40-10-12-42(2,3)4)30-21(24)8-9-29(34-30)35-31(38)23-14-25(23)32/h8-9,15-18,23,25H,10-14,19-20H2,1-7H3,(H,34,35,38)/t23-,25+/m1/s1. The third-order valence-electron chi connectivity index (χ3n) is 7.71. The van der Waals surface area contributed by atoms with Gasteiger partial charge < -0.3 is 28.7 Å². The predicted octanol–water partition coefficient (Wildman–Crippen LogP) is 6.98. The molecular formula is C31H44FN5O4Si2. The Kier molecular flexibility index (Phi) is 9.12. The van der Waals surface area contributed by atoms with Crippen LogP contribution in [0.1, 0.15) is 6.42 Å². The molecule has 3 aromatic heterocycles. The van der Waals surface area contributed by atoms with E-state index in [4.69, 9.17) is 19.2 Å². The predicted molar refractivity (Wildman–Crippen MR) is 175 cm³/mol. The molecule has 9 nitrogen and oxygen atoms in total. The number of fused-ring (bicyclic) bond motifs is 2. The Morgan fingerprint density at radius 3 is 2.26 bits per heavy atom. The van der Waals surface area contributed by atoms with E-state index in [0.29, 0.717) is 37.3 Å². The molecule has 12 heteroatoms. The number of ether oxygens (including phenoxy) is 3. The molecule has 0 radical (unpaired) electrons. The Labute approximate surface area is 254 Å². The van der Waals surface area contributed by atoms with Crippen LogP contribution in [0.4, 0.5) is 10.2 Å². The molecule has 1 saturated carbocycles. The van der Waals surface area contributed by atoms with Crippen LogP contribution in [0, 0.1) is 5.92 Å². The summed E-state index contributed by atoms with van der Waals surface area (Å²) in [5, 5.41) is 3.67. The highest BCUT2D eigenvalue weighted by Crippen LogP contribution is 2.39. The Hall–Kier alpha value is -3.07. The molecule has 1 aliphatic rings. The number of hydrogen-bond donors (Lipinski definition) is 1. The topological polar surface area (TPSA) is 92.4 Å². The highest BCUT2D eigenvalue weighted by Gasteiger charge is 2.43. The number of rotatable bonds is 14. The molecule has 0 saturated heterocycles. The van der Waals surface area contributed by atoms with E-state index in [1.54, 1.807) is 19.5 Å². The van der Waals surface area contributed by atoms with E-state index in [1.165, 1.54) is 0 Å². The SMILES string of the molecule is COc1cc2c(cc1-c1cn(COCC[Si](C)(C)C)c3nc(NC(=O)[C@@H]4C[C@@H]4F)ccc13)ncn2COCC[Si](C)(C)C. The molecule has 0 aliphatic heterocycles. The molecule has 1 fully saturated rings. The minimum Gasteiger partial charge on any atom is -0.496 e. The van der Waals surface area contributed by atoms with Crippen LogP contribution in [0.3, 0.4) is 0 Å². The van der Waals surface area contributed by atoms with Crippen LogP contribution in [0.15, 0.2) is 36.8 Å². The maximum absolute atomic E-state index is 13.5. The summed E-state index contributed by atoms with van der Waals surface area (Å²) >= 11 is 0. The molecule has 1 N–H and O–H groups in total. The van der Waals surface area contributed by atoms with Crippen LogP contribution in [-0.2, 0) is 27.7 Å². The highest BCUT2D eigenvalue weighted by molar-refractivity contribution is 6.76. The number of hydrogen-bond acceptors (Lipinski definition) is 6. The summed E-state index contributed by atoms with van der Waals surface area (Å²) in [5.41, 5.74) is 4.22. The smallest absolute Gasteiger partial charge is 0.231 e. The van der Waals surface area contributed by atoms with Gasteiger partial charge in [0.15, 0.2) is 0 Å². The number of nitrogens with zero attached hydrogens (tertiary/aromatic N) is 4. The Balaban J connectivity index is 1.46. The van der Waals surface area contributed by atoms with Gasteiger partial charge in [-0.15, -0.1) is 0 Å². The van der Waals surface area contributed by atoms with Gasteiger partial charge in [0.05, 0.1) is 30.4 Å². The van der Waals surface area contributed by atoms with Gasteiger partial charge in [0.2, 0.25) is 5.91 Å². The number of aromatic nitrogens is 4. The average molecular weight is 626 g/mol. The Bertz CT molecular complexity index is 1610. The maximum atomic E-state index is 13.5. The first-order valence-electron chi connectivity index (χ1n) is 15.0. The van der Waals surface area contributed by atoms with E-state index in [-0.39, 0.29) is 12.3 Å². The maximum Gasteiger partial charge on any atom is 0.231 e. The first-order chi connectivity index (χ1) is 20.3. The highest BCUT2D eigenvalue weighted by atomic mass is 28.3. The van der Waals surface area contributed by atoms with Crippen molar-refractivity contribution in [2.24, 2.45) is 5.92 Å². The number of anilines is 1. The molecular weight excluding hydrogens is 582 g/mol. The van der Waals surface area contributed by atoms with Crippen molar-refractivity contribution in [1.82, 2.24) is 19.1 Å². The number of carbonyl (C=O) groups excluding carboxylic acids is 1. The summed E-state index contributed by atoms with van der Waals surface area (Å²) in [6.45, 7) is 16.1. The number of halogens is 1. The summed E-state index contributed by atoms with van der Waals surface area (Å²) in [7, 11) is -0.757. The third-order valence-corrected chi connectivity index (χ3v) is 11.1. The lowest BCUT2D eigenvalue weighted by Crippen LogP contribution is -2.22. The van der Waals surface area contributed by atoms with Gasteiger partial charge in [-0.3, -0.25) is 4.79 Å². The second kappa shape index (κ2) is 12.5. The van der Waals surface area contributed by atoms with Crippen molar-refractivity contribution < 1.29 is 23.4 Å². The average Bonchev–Trinajstić information content (AvgIpc) is 3.39. The van der Waals surface area contributed by atoms with Crippen molar-refractivity contribution in [3.8, 4) is 16.9 Å². The molecule has 1 aliphatic carbocycles. The monoisotopic (exact) mass is 625 g/mol. The summed E-state index contributed by atoms with van der Waals surface area (Å²) in [5.74, 6) is 0.164. The molecule has 43 heavy (non-hydrogen) atoms. The molecule has 5 rings (SSSR count). The van der Waals surface area contributed by atoms with E-state index in [0.717, 1.165) is 46.2 Å². The van der Waals surface area contributed by atoms with Crippen LogP contribution < -0.4 is 10.1 Å². The van der Waals surface area contributed by atoms with Gasteiger partial charge >= 0.3 is 0 Å². The lowest BCUT2D eigenvalue weighted by molar-refractivity contribution is -0.117. The van der Waals surface area contributed by atoms with Crippen molar-refractivity contribution in [2.75, 3.05) is 25.6 Å². The van der Waals surface area contributed by atoms with Crippen LogP contribution in [0.2, 0.25) is 51.4 Å². The van der Waals surface area contributed by atoms with Crippen LogP contribution in [0.5, 0.6) is 5.75 Å². The van der Waals surface area contributed by atoms with E-state index in [9.17, 15) is 9.18 Å². The number of nitrogens with one attached hydrogen (secondary N) is 1. The summed E-state index contributed by atoms with van der Waals surface area (Å²) in [6, 6.07) is 9.87. The van der Waals surface area contributed by atoms with Gasteiger partial charge in [0.25, 0.3) is 0 Å². The Morgan fingerprint density at radius 2 is 1.65 bits per heavy atom. The van der Waals surface area contributed by atoms with Crippen LogP contribution >= 0.6 is 0 Å². The number of imidazole rings is 1. The zero-order chi connectivity index (χ0) is 30.9. The summed E-state index contributed by atoms with van der Waals surface area (Å²) in [6.07, 6.45) is 3.01. The molecule has 1 aromatic carbocycles. The second-order valence-electron chi connectivity index (χ2n) is 13.9. The lowest BCUT2D eigenvalue weighted by atomic mass is 10.0. The minimum absolute atomic E-state index is 0.266. The van der Waals surface area contributed by atoms with E-state index >= 15 is 0 Å². The van der Waals surface area contributed by atoms with Crippen LogP contribution in [0.25, 0.3) is 33.2 Å². The zero-order valence-corrected chi connectivity index (χ0v) is 28.4. The van der Waals surface area contributed by atoms with Gasteiger partial charge in [-0.25, -0.2) is 14.4 Å². The number of benzene rings is 1. The summed E-state index contributed by atoms with van der Waals surface area (Å²) in [4.78, 5) is 21.9. The Morgan fingerprint density at radius 1 is 1.00 bits per heavy atom. The van der Waals surface area contributed by atoms with Gasteiger partial charge in [-0.1, -0.05) is 39.3 Å². The molecule has 0 unspecified atom stereocenters. The number of amides is 1. The van der Waals surface area contributed by atoms with E-state index < -0.39 is 28.2 Å². The number of carbonyl (C=O) groups is 1. The fourth-order valence-electron chi connectivity index (χ4n) is 4.85. The van der Waals surface area contributed by atoms with Crippen LogP contribution in [-0.4, -0.2) is 67.7 Å². The number of pyridine rings is 1. The van der Waals surface area contributed by atoms with Crippen molar-refractivity contribution in [3.05, 3.63) is 36.8 Å². The van der Waals surface area contributed by atoms with E-state index in [1.807, 2.05) is 33.5 Å². The van der Waals surface area contributed by atoms with Crippen molar-refractivity contribution in [1.29, 1.82) is 0 Å². The van der Waals surface area contributed by atoms with Crippen molar-refractivity contribution in [3.63, 3.8) is 0 Å². The summed E-state index contributed by atoms with van der Waals surface area (Å²) < 4.78 is 35.4. The van der Waals surface area contributed by atoms with Gasteiger partial charge in [0.1, 0.15) is 36.8 Å². The lowest BCUT2D eigenvalue weighted by Gasteiger charge is -2.16. The zero-order valence-electron chi connectivity index (χ0n) is 26.4. The van der Waals surface area contributed by atoms with Gasteiger partial charge in [-0.2, -0.15) is 0 Å². The number of alkyl halides is 1. The normalized spacial score (nSPS) is 17.1. The largest absolute Gasteiger partial charge is 0.496 e. The fraction of sp³-hybridized carbons (Fsp3) is 0.516. The first kappa shape index (κ1) is 31.4. The van der Waals surface area contributed by atoms with Gasteiger partial charge in [-0.05, 0) is 36.7 Å². The first-order valence-corrected chi connectivity index (χ1v) is 22.4. The molecule has 2 atom stereocenters. The van der Waals surface area contributed by atoms with Crippen molar-refractivity contribution >= 4 is 49.9 Å². The molecule has 3 heterocycles. The second-order valence-corrected chi connectivity index (χ2v) is 25.1. The third kappa shape index (κ3) is 7.72. The quantitative estimate of drug-likeness (QED) is 0.120. The molecule has 0 spiro atoms. The fourth-order valence-corrected chi connectivity index (χ4v) is 6.36. The van der Waals surface area contributed by atoms with E-state index in [2.05, 4.69) is 49.6 Å². The molecule has 232 valence electrons. The minimum atomic E-state index is -1.25. The van der Waals surface area contributed by atoms with Gasteiger partial charge in [0, 0.05) is 58.1 Å². The molecule has 0 bridgehead atoms.